The molecule has 0 radical (unpaired) electrons. The second kappa shape index (κ2) is 7.05. The van der Waals surface area contributed by atoms with E-state index in [2.05, 4.69) is 68.0 Å². The van der Waals surface area contributed by atoms with E-state index in [9.17, 15) is 0 Å². The Kier molecular flexibility index (Phi) is 7.01. The largest absolute Gasteiger partial charge is 0.331 e. The van der Waals surface area contributed by atoms with Gasteiger partial charge >= 0.3 is 0 Å². The van der Waals surface area contributed by atoms with Crippen LogP contribution in [-0.4, -0.2) is 87.9 Å². The van der Waals surface area contributed by atoms with Gasteiger partial charge in [-0.05, 0) is 20.8 Å². The van der Waals surface area contributed by atoms with Gasteiger partial charge in [0.1, 0.15) is 0 Å². The molecule has 0 aromatic heterocycles. The highest BCUT2D eigenvalue weighted by atomic mass is 15.3. The van der Waals surface area contributed by atoms with Gasteiger partial charge in [0.25, 0.3) is 0 Å². The normalized spacial score (nSPS) is 14.2. The van der Waals surface area contributed by atoms with E-state index in [4.69, 9.17) is 0 Å². The first-order chi connectivity index (χ1) is 8.31. The van der Waals surface area contributed by atoms with Gasteiger partial charge in [0.15, 0.2) is 0 Å². The molecule has 0 aliphatic carbocycles. The molecule has 0 aromatic carbocycles. The molecule has 3 nitrogen and oxygen atoms in total. The molecule has 0 N–H and O–H groups in total. The summed E-state index contributed by atoms with van der Waals surface area (Å²) in [6.45, 7) is 12.0. The molecule has 0 heterocycles. The van der Waals surface area contributed by atoms with Gasteiger partial charge in [0.05, 0.1) is 55.4 Å². The highest BCUT2D eigenvalue weighted by Crippen LogP contribution is 2.15. The molecule has 0 aliphatic heterocycles. The monoisotopic (exact) mass is 273 g/mol. The van der Waals surface area contributed by atoms with Crippen LogP contribution >= 0.6 is 0 Å². The molecule has 0 aliphatic rings. The van der Waals surface area contributed by atoms with E-state index in [0.29, 0.717) is 0 Å². The van der Waals surface area contributed by atoms with E-state index in [0.717, 1.165) is 8.97 Å². The lowest BCUT2D eigenvalue weighted by Gasteiger charge is -2.37. The molecule has 116 valence electrons. The first-order valence-electron chi connectivity index (χ1n) is 7.67. The predicted octanol–water partition coefficient (Wildman–Crippen LogP) is 2.28. The van der Waals surface area contributed by atoms with Gasteiger partial charge in [-0.15, -0.1) is 0 Å². The van der Waals surface area contributed by atoms with Crippen LogP contribution in [0.15, 0.2) is 0 Å². The van der Waals surface area contributed by atoms with Gasteiger partial charge in [0.2, 0.25) is 0 Å². The van der Waals surface area contributed by atoms with Crippen molar-refractivity contribution in [3.63, 3.8) is 0 Å². The summed E-state index contributed by atoms with van der Waals surface area (Å²) in [4.78, 5) is 2.65. The lowest BCUT2D eigenvalue weighted by Crippen LogP contribution is -2.46. The highest BCUT2D eigenvalue weighted by molar-refractivity contribution is 4.76. The second-order valence-electron chi connectivity index (χ2n) is 8.89. The zero-order valence-corrected chi connectivity index (χ0v) is 15.1. The molecule has 0 saturated heterocycles. The molecule has 19 heavy (non-hydrogen) atoms. The quantitative estimate of drug-likeness (QED) is 0.613. The molecule has 0 aromatic rings. The molecule has 0 amide bonds. The van der Waals surface area contributed by atoms with Crippen molar-refractivity contribution in [3.8, 4) is 0 Å². The van der Waals surface area contributed by atoms with E-state index < -0.39 is 0 Å². The van der Waals surface area contributed by atoms with Crippen molar-refractivity contribution in [2.24, 2.45) is 0 Å². The van der Waals surface area contributed by atoms with Gasteiger partial charge in [-0.1, -0.05) is 0 Å². The Bertz CT molecular complexity index is 220. The van der Waals surface area contributed by atoms with Crippen molar-refractivity contribution < 1.29 is 8.97 Å². The fraction of sp³-hybridized carbons (Fsp3) is 1.00. The zero-order chi connectivity index (χ0) is 15.3. The van der Waals surface area contributed by atoms with Crippen LogP contribution in [0.2, 0.25) is 0 Å². The van der Waals surface area contributed by atoms with E-state index in [1.807, 2.05) is 0 Å². The summed E-state index contributed by atoms with van der Waals surface area (Å²) in [5.74, 6) is 0. The summed E-state index contributed by atoms with van der Waals surface area (Å²) in [5, 5.41) is 0. The van der Waals surface area contributed by atoms with Crippen LogP contribution in [0.3, 0.4) is 0 Å². The Balaban J connectivity index is 4.19. The van der Waals surface area contributed by atoms with Crippen LogP contribution in [-0.2, 0) is 0 Å². The van der Waals surface area contributed by atoms with Gasteiger partial charge in [0, 0.05) is 31.5 Å². The topological polar surface area (TPSA) is 3.24 Å². The van der Waals surface area contributed by atoms with Crippen LogP contribution in [0.25, 0.3) is 0 Å². The maximum absolute atomic E-state index is 2.65. The van der Waals surface area contributed by atoms with Crippen molar-refractivity contribution in [1.82, 2.24) is 4.90 Å². The average Bonchev–Trinajstić information content (AvgIpc) is 2.09. The van der Waals surface area contributed by atoms with E-state index >= 15 is 0 Å². The fourth-order valence-electron chi connectivity index (χ4n) is 2.25. The van der Waals surface area contributed by atoms with Crippen molar-refractivity contribution in [3.05, 3.63) is 0 Å². The summed E-state index contributed by atoms with van der Waals surface area (Å²) < 4.78 is 2.13. The molecular formula is C16H39N3+2. The lowest BCUT2D eigenvalue weighted by molar-refractivity contribution is -0.870. The van der Waals surface area contributed by atoms with Crippen molar-refractivity contribution >= 4 is 0 Å². The molecular weight excluding hydrogens is 234 g/mol. The molecule has 0 spiro atoms. The maximum atomic E-state index is 2.65. The van der Waals surface area contributed by atoms with Gasteiger partial charge in [-0.25, -0.2) is 0 Å². The molecule has 3 heteroatoms. The lowest BCUT2D eigenvalue weighted by atomic mass is 10.0. The number of quaternary nitrogens is 2. The molecule has 0 fully saturated rings. The summed E-state index contributed by atoms with van der Waals surface area (Å²) in [7, 11) is 13.7. The standard InChI is InChI=1S/C16H39N3/c1-16(2,3)17(12-10-14-18(4,5)6)13-11-15-19(7,8)9/h10-15H2,1-9H3/q+2. The minimum absolute atomic E-state index is 0.287. The Morgan fingerprint density at radius 2 is 1.00 bits per heavy atom. The van der Waals surface area contributed by atoms with Crippen LogP contribution in [0.5, 0.6) is 0 Å². The highest BCUT2D eigenvalue weighted by Gasteiger charge is 2.22. The first-order valence-corrected chi connectivity index (χ1v) is 7.67. The molecule has 0 unspecified atom stereocenters. The van der Waals surface area contributed by atoms with E-state index in [1.54, 1.807) is 0 Å². The summed E-state index contributed by atoms with van der Waals surface area (Å²) in [5.41, 5.74) is 0.287. The van der Waals surface area contributed by atoms with Crippen LogP contribution in [0.1, 0.15) is 33.6 Å². The van der Waals surface area contributed by atoms with E-state index in [-0.39, 0.29) is 5.54 Å². The Morgan fingerprint density at radius 1 is 0.684 bits per heavy atom. The summed E-state index contributed by atoms with van der Waals surface area (Å²) in [6, 6.07) is 0. The number of hydrogen-bond donors (Lipinski definition) is 0. The Morgan fingerprint density at radius 3 is 1.21 bits per heavy atom. The molecule has 0 bridgehead atoms. The predicted molar refractivity (Wildman–Crippen MR) is 86.4 cm³/mol. The second-order valence-corrected chi connectivity index (χ2v) is 8.89. The minimum atomic E-state index is 0.287. The molecule has 0 rings (SSSR count). The van der Waals surface area contributed by atoms with Crippen molar-refractivity contribution in [1.29, 1.82) is 0 Å². The smallest absolute Gasteiger partial charge is 0.0792 e. The molecule has 0 saturated carbocycles. The number of rotatable bonds is 8. The summed E-state index contributed by atoms with van der Waals surface area (Å²) in [6.07, 6.45) is 2.57. The Labute approximate surface area is 122 Å². The van der Waals surface area contributed by atoms with Crippen LogP contribution in [0, 0.1) is 0 Å². The minimum Gasteiger partial charge on any atom is -0.331 e. The number of hydrogen-bond acceptors (Lipinski definition) is 1. The van der Waals surface area contributed by atoms with Gasteiger partial charge < -0.3 is 8.97 Å². The van der Waals surface area contributed by atoms with Crippen molar-refractivity contribution in [2.75, 3.05) is 68.5 Å². The van der Waals surface area contributed by atoms with Crippen molar-refractivity contribution in [2.45, 2.75) is 39.2 Å². The molecule has 0 atom stereocenters. The third-order valence-electron chi connectivity index (χ3n) is 3.46. The third-order valence-corrected chi connectivity index (χ3v) is 3.46. The van der Waals surface area contributed by atoms with Crippen LogP contribution < -0.4 is 0 Å². The fourth-order valence-corrected chi connectivity index (χ4v) is 2.25. The first kappa shape index (κ1) is 18.9. The zero-order valence-electron chi connectivity index (χ0n) is 15.1. The van der Waals surface area contributed by atoms with Gasteiger partial charge in [-0.3, -0.25) is 4.90 Å². The van der Waals surface area contributed by atoms with Gasteiger partial charge in [-0.2, -0.15) is 0 Å². The SMILES string of the molecule is CC(C)(C)N(CCC[N+](C)(C)C)CCC[N+](C)(C)C. The van der Waals surface area contributed by atoms with Crippen LogP contribution in [0.4, 0.5) is 0 Å². The summed E-state index contributed by atoms with van der Waals surface area (Å²) >= 11 is 0. The third kappa shape index (κ3) is 11.4. The Hall–Kier alpha value is -0.120. The maximum Gasteiger partial charge on any atom is 0.0792 e. The van der Waals surface area contributed by atoms with E-state index in [1.165, 1.54) is 39.0 Å². The number of nitrogens with zero attached hydrogens (tertiary/aromatic N) is 3. The average molecular weight is 274 g/mol.